The Morgan fingerprint density at radius 1 is 1.52 bits per heavy atom. The van der Waals surface area contributed by atoms with E-state index in [1.54, 1.807) is 30.3 Å². The van der Waals surface area contributed by atoms with Gasteiger partial charge in [0, 0.05) is 17.1 Å². The third kappa shape index (κ3) is 3.74. The molecule has 1 heterocycles. The fourth-order valence-electron chi connectivity index (χ4n) is 1.88. The van der Waals surface area contributed by atoms with Gasteiger partial charge in [0.2, 0.25) is 0 Å². The number of thioether (sulfide) groups is 1. The van der Waals surface area contributed by atoms with Crippen LogP contribution >= 0.6 is 23.4 Å². The normalized spacial score (nSPS) is 12.1. The summed E-state index contributed by atoms with van der Waals surface area (Å²) in [6, 6.07) is 6.98. The van der Waals surface area contributed by atoms with Gasteiger partial charge in [-0.1, -0.05) is 41.6 Å². The number of allylic oxidation sites excluding steroid dienone is 1. The predicted octanol–water partition coefficient (Wildman–Crippen LogP) is 3.79. The van der Waals surface area contributed by atoms with Gasteiger partial charge >= 0.3 is 0 Å². The van der Waals surface area contributed by atoms with Crippen molar-refractivity contribution >= 4 is 29.1 Å². The van der Waals surface area contributed by atoms with Crippen LogP contribution < -0.4 is 0 Å². The average molecular weight is 322 g/mol. The highest BCUT2D eigenvalue weighted by Gasteiger charge is 2.20. The molecule has 0 fully saturated rings. The van der Waals surface area contributed by atoms with Gasteiger partial charge in [0.1, 0.15) is 5.82 Å². The molecule has 0 bridgehead atoms. The van der Waals surface area contributed by atoms with Crippen molar-refractivity contribution in [2.45, 2.75) is 30.8 Å². The molecule has 2 aromatic rings. The van der Waals surface area contributed by atoms with Gasteiger partial charge in [-0.15, -0.1) is 16.8 Å². The summed E-state index contributed by atoms with van der Waals surface area (Å²) in [6.07, 6.45) is 1.78. The molecular weight excluding hydrogens is 306 g/mol. The van der Waals surface area contributed by atoms with Gasteiger partial charge in [0.05, 0.1) is 5.25 Å². The Labute approximate surface area is 133 Å². The molecule has 0 N–H and O–H groups in total. The predicted molar refractivity (Wildman–Crippen MR) is 86.1 cm³/mol. The van der Waals surface area contributed by atoms with E-state index in [0.717, 1.165) is 11.0 Å². The molecular formula is C15H16ClN3OS. The van der Waals surface area contributed by atoms with Crippen molar-refractivity contribution in [2.75, 3.05) is 0 Å². The van der Waals surface area contributed by atoms with E-state index in [0.29, 0.717) is 17.1 Å². The van der Waals surface area contributed by atoms with Crippen LogP contribution in [0.1, 0.15) is 23.1 Å². The standard InChI is InChI=1S/C15H16ClN3OS/c1-4-8-19-11(3)17-18-15(19)21-10(2)14(20)12-6-5-7-13(16)9-12/h4-7,9-10H,1,8H2,2-3H3. The number of aromatic nitrogens is 3. The summed E-state index contributed by atoms with van der Waals surface area (Å²) in [4.78, 5) is 12.4. The zero-order valence-corrected chi connectivity index (χ0v) is 13.5. The molecule has 1 aromatic carbocycles. The minimum absolute atomic E-state index is 0.0216. The number of aryl methyl sites for hydroxylation is 1. The molecule has 2 rings (SSSR count). The molecule has 0 saturated heterocycles. The van der Waals surface area contributed by atoms with Gasteiger partial charge in [0.15, 0.2) is 10.9 Å². The van der Waals surface area contributed by atoms with E-state index in [1.165, 1.54) is 11.8 Å². The number of Topliss-reactive ketones (excluding diaryl/α,β-unsaturated/α-hetero) is 1. The van der Waals surface area contributed by atoms with E-state index in [4.69, 9.17) is 11.6 Å². The highest BCUT2D eigenvalue weighted by Crippen LogP contribution is 2.25. The highest BCUT2D eigenvalue weighted by molar-refractivity contribution is 8.00. The maximum atomic E-state index is 12.4. The summed E-state index contributed by atoms with van der Waals surface area (Å²) < 4.78 is 1.93. The Morgan fingerprint density at radius 3 is 2.95 bits per heavy atom. The highest BCUT2D eigenvalue weighted by atomic mass is 35.5. The van der Waals surface area contributed by atoms with Crippen LogP contribution in [-0.4, -0.2) is 25.8 Å². The Hall–Kier alpha value is -1.59. The molecule has 4 nitrogen and oxygen atoms in total. The molecule has 1 atom stereocenters. The van der Waals surface area contributed by atoms with Gasteiger partial charge in [0.25, 0.3) is 0 Å². The van der Waals surface area contributed by atoms with Crippen LogP contribution in [0.25, 0.3) is 0 Å². The number of benzene rings is 1. The van der Waals surface area contributed by atoms with E-state index in [-0.39, 0.29) is 11.0 Å². The van der Waals surface area contributed by atoms with Gasteiger partial charge in [-0.25, -0.2) is 0 Å². The lowest BCUT2D eigenvalue weighted by Crippen LogP contribution is -2.14. The van der Waals surface area contributed by atoms with E-state index >= 15 is 0 Å². The van der Waals surface area contributed by atoms with Crippen LogP contribution in [0, 0.1) is 6.92 Å². The molecule has 0 aliphatic rings. The smallest absolute Gasteiger partial charge is 0.192 e. The zero-order chi connectivity index (χ0) is 15.4. The fraction of sp³-hybridized carbons (Fsp3) is 0.267. The molecule has 21 heavy (non-hydrogen) atoms. The number of ketones is 1. The van der Waals surface area contributed by atoms with Gasteiger partial charge in [-0.3, -0.25) is 4.79 Å². The van der Waals surface area contributed by atoms with Crippen LogP contribution in [0.4, 0.5) is 0 Å². The lowest BCUT2D eigenvalue weighted by molar-refractivity contribution is 0.0994. The minimum Gasteiger partial charge on any atom is -0.302 e. The summed E-state index contributed by atoms with van der Waals surface area (Å²) in [6.45, 7) is 8.08. The van der Waals surface area contributed by atoms with Crippen molar-refractivity contribution in [3.8, 4) is 0 Å². The first-order valence-electron chi connectivity index (χ1n) is 6.50. The van der Waals surface area contributed by atoms with Crippen LogP contribution in [0.2, 0.25) is 5.02 Å². The maximum absolute atomic E-state index is 12.4. The van der Waals surface area contributed by atoms with E-state index in [2.05, 4.69) is 16.8 Å². The largest absolute Gasteiger partial charge is 0.302 e. The first kappa shape index (κ1) is 15.8. The summed E-state index contributed by atoms with van der Waals surface area (Å²) >= 11 is 7.32. The number of hydrogen-bond acceptors (Lipinski definition) is 4. The molecule has 0 saturated carbocycles. The summed E-state index contributed by atoms with van der Waals surface area (Å²) in [5.41, 5.74) is 0.606. The van der Waals surface area contributed by atoms with Crippen LogP contribution in [0.5, 0.6) is 0 Å². The quantitative estimate of drug-likeness (QED) is 0.461. The first-order chi connectivity index (χ1) is 10.0. The summed E-state index contributed by atoms with van der Waals surface area (Å²) in [5, 5.41) is 9.17. The second-order valence-electron chi connectivity index (χ2n) is 4.56. The van der Waals surface area contributed by atoms with E-state index < -0.39 is 0 Å². The molecule has 0 amide bonds. The zero-order valence-electron chi connectivity index (χ0n) is 11.9. The topological polar surface area (TPSA) is 47.8 Å². The fourth-order valence-corrected chi connectivity index (χ4v) is 3.05. The molecule has 1 unspecified atom stereocenters. The van der Waals surface area contributed by atoms with Crippen molar-refractivity contribution < 1.29 is 4.79 Å². The van der Waals surface area contributed by atoms with Crippen LogP contribution in [0.15, 0.2) is 42.1 Å². The summed E-state index contributed by atoms with van der Waals surface area (Å²) in [5.74, 6) is 0.827. The molecule has 0 aliphatic carbocycles. The second-order valence-corrected chi connectivity index (χ2v) is 6.31. The average Bonchev–Trinajstić information content (AvgIpc) is 2.80. The third-order valence-corrected chi connectivity index (χ3v) is 4.29. The first-order valence-corrected chi connectivity index (χ1v) is 7.76. The van der Waals surface area contributed by atoms with Crippen molar-refractivity contribution in [3.05, 3.63) is 53.3 Å². The Morgan fingerprint density at radius 2 is 2.29 bits per heavy atom. The molecule has 110 valence electrons. The number of rotatable bonds is 6. The number of halogens is 1. The molecule has 0 radical (unpaired) electrons. The van der Waals surface area contributed by atoms with Crippen molar-refractivity contribution in [1.82, 2.24) is 14.8 Å². The van der Waals surface area contributed by atoms with Crippen molar-refractivity contribution in [2.24, 2.45) is 0 Å². The lowest BCUT2D eigenvalue weighted by Gasteiger charge is -2.11. The van der Waals surface area contributed by atoms with Gasteiger partial charge in [-0.2, -0.15) is 0 Å². The number of nitrogens with zero attached hydrogens (tertiary/aromatic N) is 3. The van der Waals surface area contributed by atoms with Crippen LogP contribution in [-0.2, 0) is 6.54 Å². The summed E-state index contributed by atoms with van der Waals surface area (Å²) in [7, 11) is 0. The van der Waals surface area contributed by atoms with Gasteiger partial charge < -0.3 is 4.57 Å². The number of carbonyl (C=O) groups excluding carboxylic acids is 1. The van der Waals surface area contributed by atoms with E-state index in [9.17, 15) is 4.79 Å². The Balaban J connectivity index is 2.16. The lowest BCUT2D eigenvalue weighted by atomic mass is 10.1. The van der Waals surface area contributed by atoms with Gasteiger partial charge in [-0.05, 0) is 26.0 Å². The third-order valence-electron chi connectivity index (χ3n) is 2.97. The Bertz CT molecular complexity index is 669. The number of carbonyl (C=O) groups is 1. The molecule has 6 heteroatoms. The van der Waals surface area contributed by atoms with E-state index in [1.807, 2.05) is 18.4 Å². The van der Waals surface area contributed by atoms with Crippen LogP contribution in [0.3, 0.4) is 0 Å². The maximum Gasteiger partial charge on any atom is 0.192 e. The minimum atomic E-state index is -0.268. The van der Waals surface area contributed by atoms with Crippen molar-refractivity contribution in [3.63, 3.8) is 0 Å². The van der Waals surface area contributed by atoms with Crippen molar-refractivity contribution in [1.29, 1.82) is 0 Å². The Kier molecular flexibility index (Phi) is 5.20. The second kappa shape index (κ2) is 6.91. The molecule has 0 aliphatic heterocycles. The molecule has 1 aromatic heterocycles. The molecule has 0 spiro atoms. The SMILES string of the molecule is C=CCn1c(C)nnc1SC(C)C(=O)c1cccc(Cl)c1. The monoisotopic (exact) mass is 321 g/mol. The number of hydrogen-bond donors (Lipinski definition) is 0.